The number of nitrogens with one attached hydrogen (secondary N) is 2. The first-order valence-corrected chi connectivity index (χ1v) is 8.16. The summed E-state index contributed by atoms with van der Waals surface area (Å²) in [5.74, 6) is -0.526. The average molecular weight is 365 g/mol. The summed E-state index contributed by atoms with van der Waals surface area (Å²) in [6.45, 7) is 1.95. The van der Waals surface area contributed by atoms with Crippen molar-refractivity contribution in [2.45, 2.75) is 19.8 Å². The van der Waals surface area contributed by atoms with Crippen LogP contribution in [0.3, 0.4) is 0 Å². The highest BCUT2D eigenvalue weighted by Gasteiger charge is 2.25. The maximum atomic E-state index is 12.4. The zero-order valence-corrected chi connectivity index (χ0v) is 14.3. The molecule has 0 spiro atoms. The fraction of sp³-hybridized carbons (Fsp3) is 0.235. The number of ketones is 1. The van der Waals surface area contributed by atoms with E-state index >= 15 is 0 Å². The summed E-state index contributed by atoms with van der Waals surface area (Å²) in [5.41, 5.74) is 0.675. The number of hydrogen-bond acceptors (Lipinski definition) is 3. The number of amides is 1. The predicted molar refractivity (Wildman–Crippen MR) is 93.3 cm³/mol. The van der Waals surface area contributed by atoms with Crippen molar-refractivity contribution in [1.29, 1.82) is 0 Å². The van der Waals surface area contributed by atoms with Crippen LogP contribution in [-0.4, -0.2) is 16.7 Å². The third-order valence-electron chi connectivity index (χ3n) is 3.93. The molecule has 1 aromatic carbocycles. The van der Waals surface area contributed by atoms with E-state index in [0.717, 1.165) is 0 Å². The van der Waals surface area contributed by atoms with Crippen molar-refractivity contribution < 1.29 is 9.59 Å². The van der Waals surface area contributed by atoms with E-state index in [2.05, 4.69) is 10.3 Å². The molecule has 0 radical (unpaired) electrons. The largest absolute Gasteiger partial charge is 0.325 e. The number of carbonyl (C=O) groups excluding carboxylic acids is 2. The highest BCUT2D eigenvalue weighted by Crippen LogP contribution is 2.26. The van der Waals surface area contributed by atoms with Gasteiger partial charge in [0, 0.05) is 22.7 Å². The Balaban J connectivity index is 1.95. The Kier molecular flexibility index (Phi) is 4.47. The molecule has 0 saturated carbocycles. The molecular formula is C17H14Cl2N2O3. The molecule has 124 valence electrons. The van der Waals surface area contributed by atoms with Crippen molar-refractivity contribution in [1.82, 2.24) is 4.98 Å². The molecule has 2 aromatic rings. The van der Waals surface area contributed by atoms with Crippen molar-refractivity contribution in [3.8, 4) is 0 Å². The number of rotatable bonds is 2. The molecule has 3 rings (SSSR count). The van der Waals surface area contributed by atoms with Gasteiger partial charge in [0.25, 0.3) is 11.5 Å². The van der Waals surface area contributed by atoms with Gasteiger partial charge in [-0.3, -0.25) is 14.4 Å². The maximum Gasteiger partial charge on any atom is 0.261 e. The number of fused-ring (bicyclic) bond motifs is 1. The molecule has 1 heterocycles. The van der Waals surface area contributed by atoms with Crippen LogP contribution in [0.25, 0.3) is 0 Å². The van der Waals surface area contributed by atoms with Crippen LogP contribution in [0, 0.1) is 5.92 Å². The van der Waals surface area contributed by atoms with E-state index in [9.17, 15) is 14.4 Å². The molecule has 7 heteroatoms. The normalized spacial score (nSPS) is 16.6. The number of anilines is 1. The summed E-state index contributed by atoms with van der Waals surface area (Å²) in [7, 11) is 0. The maximum absolute atomic E-state index is 12.4. The summed E-state index contributed by atoms with van der Waals surface area (Å²) in [6, 6.07) is 5.97. The Morgan fingerprint density at radius 1 is 1.21 bits per heavy atom. The molecular weight excluding hydrogens is 351 g/mol. The number of aromatic amines is 1. The van der Waals surface area contributed by atoms with Gasteiger partial charge in [0.1, 0.15) is 5.56 Å². The molecule has 0 aliphatic heterocycles. The number of pyridine rings is 1. The predicted octanol–water partition coefficient (Wildman–Crippen LogP) is 3.70. The lowest BCUT2D eigenvalue weighted by atomic mass is 9.86. The van der Waals surface area contributed by atoms with E-state index in [1.165, 1.54) is 12.1 Å². The Labute approximate surface area is 148 Å². The van der Waals surface area contributed by atoms with Crippen LogP contribution >= 0.6 is 23.2 Å². The first-order valence-electron chi connectivity index (χ1n) is 7.41. The molecule has 1 atom stereocenters. The molecule has 5 nitrogen and oxygen atoms in total. The van der Waals surface area contributed by atoms with Crippen LogP contribution in [0.15, 0.2) is 29.1 Å². The standard InChI is InChI=1S/C17H14Cl2N2O3/c1-8-4-14-10(15(22)5-8)7-11(17(24)21-14)16(23)20-13-3-2-9(18)6-12(13)19/h2-3,6-8H,4-5H2,1H3,(H,20,23)(H,21,24)/t8-/m0/s1. The van der Waals surface area contributed by atoms with Crippen LogP contribution in [0.5, 0.6) is 0 Å². The Morgan fingerprint density at radius 2 is 1.96 bits per heavy atom. The van der Waals surface area contributed by atoms with Gasteiger partial charge in [-0.2, -0.15) is 0 Å². The molecule has 0 fully saturated rings. The monoisotopic (exact) mass is 364 g/mol. The van der Waals surface area contributed by atoms with Crippen molar-refractivity contribution in [2.75, 3.05) is 5.32 Å². The van der Waals surface area contributed by atoms with Gasteiger partial charge in [-0.25, -0.2) is 0 Å². The molecule has 1 aliphatic rings. The lowest BCUT2D eigenvalue weighted by molar-refractivity contribution is 0.0952. The lowest BCUT2D eigenvalue weighted by Gasteiger charge is -2.20. The van der Waals surface area contributed by atoms with Crippen LogP contribution in [0.4, 0.5) is 5.69 Å². The first-order chi connectivity index (χ1) is 11.3. The Hall–Kier alpha value is -2.11. The molecule has 0 unspecified atom stereocenters. The number of Topliss-reactive ketones (excluding diaryl/α,β-unsaturated/α-hetero) is 1. The second kappa shape index (κ2) is 6.42. The van der Waals surface area contributed by atoms with Gasteiger partial charge in [0.2, 0.25) is 0 Å². The smallest absolute Gasteiger partial charge is 0.261 e. The van der Waals surface area contributed by atoms with E-state index in [1.54, 1.807) is 12.1 Å². The summed E-state index contributed by atoms with van der Waals surface area (Å²) < 4.78 is 0. The zero-order valence-electron chi connectivity index (χ0n) is 12.8. The molecule has 0 bridgehead atoms. The van der Waals surface area contributed by atoms with Crippen molar-refractivity contribution >= 4 is 40.6 Å². The molecule has 2 N–H and O–H groups in total. The molecule has 1 aromatic heterocycles. The minimum atomic E-state index is -0.630. The second-order valence-corrected chi connectivity index (χ2v) is 6.76. The number of H-pyrrole nitrogens is 1. The van der Waals surface area contributed by atoms with Crippen LogP contribution in [-0.2, 0) is 6.42 Å². The van der Waals surface area contributed by atoms with Gasteiger partial charge in [0.15, 0.2) is 5.78 Å². The fourth-order valence-electron chi connectivity index (χ4n) is 2.77. The molecule has 0 saturated heterocycles. The van der Waals surface area contributed by atoms with Crippen LogP contribution in [0.1, 0.15) is 39.8 Å². The number of benzene rings is 1. The van der Waals surface area contributed by atoms with Crippen LogP contribution in [0.2, 0.25) is 10.0 Å². The summed E-state index contributed by atoms with van der Waals surface area (Å²) in [5, 5.41) is 3.26. The topological polar surface area (TPSA) is 79.0 Å². The number of aromatic nitrogens is 1. The van der Waals surface area contributed by atoms with Crippen LogP contribution < -0.4 is 10.9 Å². The van der Waals surface area contributed by atoms with Gasteiger partial charge < -0.3 is 10.3 Å². The van der Waals surface area contributed by atoms with Gasteiger partial charge >= 0.3 is 0 Å². The highest BCUT2D eigenvalue weighted by molar-refractivity contribution is 6.36. The Bertz CT molecular complexity index is 905. The van der Waals surface area contributed by atoms with Crippen molar-refractivity contribution in [3.63, 3.8) is 0 Å². The lowest BCUT2D eigenvalue weighted by Crippen LogP contribution is -2.29. The summed E-state index contributed by atoms with van der Waals surface area (Å²) in [6.07, 6.45) is 1.02. The fourth-order valence-corrected chi connectivity index (χ4v) is 3.23. The molecule has 24 heavy (non-hydrogen) atoms. The van der Waals surface area contributed by atoms with E-state index in [4.69, 9.17) is 23.2 Å². The van der Waals surface area contributed by atoms with E-state index in [0.29, 0.717) is 34.8 Å². The quantitative estimate of drug-likeness (QED) is 0.852. The number of hydrogen-bond donors (Lipinski definition) is 2. The van der Waals surface area contributed by atoms with Gasteiger partial charge in [-0.1, -0.05) is 30.1 Å². The SMILES string of the molecule is C[C@@H]1CC(=O)c2cc(C(=O)Nc3ccc(Cl)cc3Cl)c(=O)[nH]c2C1. The van der Waals surface area contributed by atoms with Crippen molar-refractivity contribution in [2.24, 2.45) is 5.92 Å². The third kappa shape index (κ3) is 3.23. The third-order valence-corrected chi connectivity index (χ3v) is 4.48. The summed E-state index contributed by atoms with van der Waals surface area (Å²) >= 11 is 11.8. The summed E-state index contributed by atoms with van der Waals surface area (Å²) in [4.78, 5) is 39.4. The average Bonchev–Trinajstić information content (AvgIpc) is 2.49. The zero-order chi connectivity index (χ0) is 17.4. The van der Waals surface area contributed by atoms with E-state index in [-0.39, 0.29) is 22.3 Å². The van der Waals surface area contributed by atoms with Gasteiger partial charge in [0.05, 0.1) is 10.7 Å². The number of carbonyl (C=O) groups is 2. The van der Waals surface area contributed by atoms with Gasteiger partial charge in [-0.05, 0) is 36.6 Å². The van der Waals surface area contributed by atoms with E-state index in [1.807, 2.05) is 6.92 Å². The first kappa shape index (κ1) is 16.7. The second-order valence-electron chi connectivity index (χ2n) is 5.92. The minimum Gasteiger partial charge on any atom is -0.325 e. The Morgan fingerprint density at radius 3 is 2.67 bits per heavy atom. The molecule has 1 aliphatic carbocycles. The number of halogens is 2. The van der Waals surface area contributed by atoms with Gasteiger partial charge in [-0.15, -0.1) is 0 Å². The highest BCUT2D eigenvalue weighted by atomic mass is 35.5. The minimum absolute atomic E-state index is 0.0708. The van der Waals surface area contributed by atoms with E-state index < -0.39 is 11.5 Å². The van der Waals surface area contributed by atoms with Crippen molar-refractivity contribution in [3.05, 3.63) is 61.5 Å². The molecule has 1 amide bonds.